The van der Waals surface area contributed by atoms with Gasteiger partial charge in [0, 0.05) is 29.6 Å². The number of phosphoric acid groups is 1. The number of fused-ring (bicyclic) bond motifs is 1. The molecule has 3 rings (SSSR count). The summed E-state index contributed by atoms with van der Waals surface area (Å²) < 4.78 is 48.0. The number of nitrogens with zero attached hydrogens (tertiary/aromatic N) is 3. The Bertz CT molecular complexity index is 1020. The molecule has 1 radical (unpaired) electrons. The minimum atomic E-state index is -5.36. The van der Waals surface area contributed by atoms with E-state index >= 15 is 0 Å². The number of guanidine groups is 1. The van der Waals surface area contributed by atoms with E-state index in [1.165, 1.54) is 0 Å². The van der Waals surface area contributed by atoms with Gasteiger partial charge >= 0.3 is 23.0 Å². The maximum atomic E-state index is 11.9. The van der Waals surface area contributed by atoms with Crippen LogP contribution in [-0.4, -0.2) is 131 Å². The van der Waals surface area contributed by atoms with Crippen molar-refractivity contribution in [1.82, 2.24) is 10.2 Å². The average Bonchev–Trinajstić information content (AvgIpc) is 3.12. The van der Waals surface area contributed by atoms with Gasteiger partial charge in [-0.1, -0.05) is 0 Å². The van der Waals surface area contributed by atoms with E-state index in [1.54, 1.807) is 0 Å². The summed E-state index contributed by atoms with van der Waals surface area (Å²) >= 11 is 0. The number of amides is 1. The monoisotopic (exact) mass is 544 g/mol. The van der Waals surface area contributed by atoms with Crippen LogP contribution in [0.15, 0.2) is 9.98 Å². The normalized spacial score (nSPS) is 33.0. The van der Waals surface area contributed by atoms with E-state index in [0.29, 0.717) is 0 Å². The Morgan fingerprint density at radius 3 is 2.42 bits per heavy atom. The summed E-state index contributed by atoms with van der Waals surface area (Å²) in [5, 5.41) is 30.1. The Kier molecular flexibility index (Phi) is 9.01. The zero-order chi connectivity index (χ0) is 24.1. The first-order chi connectivity index (χ1) is 14.6. The van der Waals surface area contributed by atoms with Crippen molar-refractivity contribution in [1.29, 1.82) is 5.41 Å². The van der Waals surface area contributed by atoms with Crippen molar-refractivity contribution in [3.63, 3.8) is 0 Å². The quantitative estimate of drug-likeness (QED) is 0.110. The molecule has 3 heterocycles. The van der Waals surface area contributed by atoms with Crippen LogP contribution in [0.1, 0.15) is 0 Å². The predicted molar refractivity (Wildman–Crippen MR) is 107 cm³/mol. The summed E-state index contributed by atoms with van der Waals surface area (Å²) in [6, 6.07) is -1.12. The number of hydrogen-bond donors (Lipinski definition) is 8. The summed E-state index contributed by atoms with van der Waals surface area (Å²) in [4.78, 5) is 56.9. The summed E-state index contributed by atoms with van der Waals surface area (Å²) in [7, 11) is -15.7. The second kappa shape index (κ2) is 10.3. The average molecular weight is 544 g/mol. The maximum Gasteiger partial charge on any atom is 0.479 e. The van der Waals surface area contributed by atoms with Gasteiger partial charge in [0.15, 0.2) is 24.0 Å². The first-order valence-corrected chi connectivity index (χ1v) is 13.5. The molecule has 18 nitrogen and oxygen atoms in total. The van der Waals surface area contributed by atoms with Crippen LogP contribution in [0.3, 0.4) is 0 Å². The van der Waals surface area contributed by atoms with Gasteiger partial charge in [0.1, 0.15) is 18.3 Å². The molecule has 0 aromatic rings. The number of hydrogen-bond acceptors (Lipinski definition) is 12. The Morgan fingerprint density at radius 1 is 1.18 bits per heavy atom. The van der Waals surface area contributed by atoms with Crippen LogP contribution in [0, 0.1) is 5.41 Å². The molecule has 0 bridgehead atoms. The molecular formula is C11H18N5NaO13P3. The second-order valence-corrected chi connectivity index (χ2v) is 12.3. The van der Waals surface area contributed by atoms with Crippen molar-refractivity contribution in [2.24, 2.45) is 9.98 Å². The van der Waals surface area contributed by atoms with Gasteiger partial charge in [0.05, 0.1) is 12.9 Å². The maximum absolute atomic E-state index is 11.9. The number of aliphatic hydroxyl groups is 2. The minimum Gasteiger partial charge on any atom is -0.387 e. The number of carbonyl (C=O) groups is 1. The largest absolute Gasteiger partial charge is 0.479 e. The second-order valence-electron chi connectivity index (χ2n) is 6.72. The van der Waals surface area contributed by atoms with Gasteiger partial charge in [-0.05, 0) is 0 Å². The van der Waals surface area contributed by atoms with Crippen LogP contribution in [0.4, 0.5) is 0 Å². The number of aliphatic hydroxyl groups excluding tert-OH is 2. The first-order valence-electron chi connectivity index (χ1n) is 8.45. The van der Waals surface area contributed by atoms with Crippen LogP contribution in [0.2, 0.25) is 0 Å². The summed E-state index contributed by atoms with van der Waals surface area (Å²) in [6.07, 6.45) is -5.21. The van der Waals surface area contributed by atoms with Crippen molar-refractivity contribution in [3.05, 3.63) is 0 Å². The van der Waals surface area contributed by atoms with Crippen LogP contribution in [0.25, 0.3) is 0 Å². The Labute approximate surface area is 206 Å². The van der Waals surface area contributed by atoms with Crippen molar-refractivity contribution in [2.45, 2.75) is 30.6 Å². The van der Waals surface area contributed by atoms with E-state index in [1.807, 2.05) is 0 Å². The SMILES string of the molecule is N=C1N=C2C(N=CN2[C@@H]2O[C@H](COP(=O)(O)OP(=O)(O)CP(=O)(O)O)[C@@H](O)[C@H]2O)C(=O)N1.[Na]. The van der Waals surface area contributed by atoms with Crippen LogP contribution >= 0.6 is 23.0 Å². The van der Waals surface area contributed by atoms with Crippen LogP contribution in [0.5, 0.6) is 0 Å². The molecule has 22 heteroatoms. The zero-order valence-electron chi connectivity index (χ0n) is 16.6. The molecule has 8 N–H and O–H groups in total. The van der Waals surface area contributed by atoms with Crippen molar-refractivity contribution < 1.29 is 61.8 Å². The smallest absolute Gasteiger partial charge is 0.387 e. The molecule has 33 heavy (non-hydrogen) atoms. The van der Waals surface area contributed by atoms with E-state index < -0.39 is 78.0 Å². The summed E-state index contributed by atoms with van der Waals surface area (Å²) in [5.74, 6) is -2.97. The fourth-order valence-corrected chi connectivity index (χ4v) is 7.29. The van der Waals surface area contributed by atoms with E-state index in [9.17, 15) is 38.5 Å². The standard InChI is InChI=1S/C11H18N5O13P3.Na/c12-11-14-8-5(9(19)15-11)13-2-16(8)10-7(18)6(17)4(28-10)1-27-32(25,26)29-31(23,24)3-30(20,21)22;/h2,4-7,10,17-18H,1,3H2,(H,23,24)(H,25,26)(H2,12,15,19)(H2,20,21,22);/t4-,5?,6-,7-,10-;/m1./s1. The van der Waals surface area contributed by atoms with E-state index in [0.717, 1.165) is 11.2 Å². The molecule has 0 aromatic carbocycles. The summed E-state index contributed by atoms with van der Waals surface area (Å²) in [5.41, 5.74) is 0. The fraction of sp³-hybridized carbons (Fsp3) is 0.636. The van der Waals surface area contributed by atoms with Gasteiger partial charge in [-0.25, -0.2) is 8.88 Å². The number of carbonyl (C=O) groups excluding carboxylic acids is 1. The number of rotatable bonds is 8. The molecule has 0 spiro atoms. The minimum absolute atomic E-state index is 0. The molecule has 3 aliphatic rings. The first kappa shape index (κ1) is 28.8. The molecule has 1 amide bonds. The number of aliphatic imine (C=N–C) groups is 2. The zero-order valence-corrected chi connectivity index (χ0v) is 21.3. The van der Waals surface area contributed by atoms with Gasteiger partial charge in [0.25, 0.3) is 5.91 Å². The molecule has 1 saturated heterocycles. The molecule has 0 saturated carbocycles. The molecule has 3 aliphatic heterocycles. The fourth-order valence-electron chi connectivity index (χ4n) is 2.94. The van der Waals surface area contributed by atoms with E-state index in [-0.39, 0.29) is 35.4 Å². The number of phosphoric ester groups is 1. The third kappa shape index (κ3) is 7.07. The van der Waals surface area contributed by atoms with E-state index in [4.69, 9.17) is 19.9 Å². The Hall–Kier alpha value is -0.390. The van der Waals surface area contributed by atoms with Gasteiger partial charge in [0.2, 0.25) is 5.96 Å². The summed E-state index contributed by atoms with van der Waals surface area (Å²) in [6.45, 7) is -0.963. The third-order valence-electron chi connectivity index (χ3n) is 4.17. The van der Waals surface area contributed by atoms with Gasteiger partial charge < -0.3 is 34.5 Å². The molecule has 7 atom stereocenters. The molecule has 1 fully saturated rings. The molecule has 3 unspecified atom stereocenters. The van der Waals surface area contributed by atoms with Gasteiger partial charge in [-0.3, -0.25) is 39.1 Å². The van der Waals surface area contributed by atoms with E-state index in [2.05, 4.69) is 24.1 Å². The van der Waals surface area contributed by atoms with Gasteiger partial charge in [-0.15, -0.1) is 0 Å². The van der Waals surface area contributed by atoms with Crippen LogP contribution < -0.4 is 5.32 Å². The van der Waals surface area contributed by atoms with Gasteiger partial charge in [-0.2, -0.15) is 4.99 Å². The molecule has 0 aromatic heterocycles. The van der Waals surface area contributed by atoms with Crippen LogP contribution in [-0.2, 0) is 32.1 Å². The molecule has 0 aliphatic carbocycles. The molecule has 181 valence electrons. The predicted octanol–water partition coefficient (Wildman–Crippen LogP) is -3.32. The van der Waals surface area contributed by atoms with Crippen molar-refractivity contribution in [2.75, 3.05) is 12.5 Å². The Balaban J connectivity index is 0.00000385. The number of ether oxygens (including phenoxy) is 1. The third-order valence-corrected chi connectivity index (χ3v) is 9.40. The topological polar surface area (TPSA) is 281 Å². The number of nitrogens with one attached hydrogen (secondary N) is 2. The Morgan fingerprint density at radius 2 is 1.82 bits per heavy atom. The number of amidine groups is 1. The van der Waals surface area contributed by atoms with Crippen molar-refractivity contribution >= 4 is 76.6 Å². The van der Waals surface area contributed by atoms with Crippen molar-refractivity contribution in [3.8, 4) is 0 Å². The molecular weight excluding hydrogens is 526 g/mol.